The molecule has 0 aliphatic carbocycles. The van der Waals surface area contributed by atoms with Crippen molar-refractivity contribution in [3.8, 4) is 5.88 Å². The smallest absolute Gasteiger partial charge is 0.212 e. The van der Waals surface area contributed by atoms with E-state index in [1.807, 2.05) is 12.1 Å². The van der Waals surface area contributed by atoms with Gasteiger partial charge in [-0.3, -0.25) is 0 Å². The van der Waals surface area contributed by atoms with Gasteiger partial charge in [0.15, 0.2) is 0 Å². The van der Waals surface area contributed by atoms with Crippen molar-refractivity contribution in [3.63, 3.8) is 0 Å². The summed E-state index contributed by atoms with van der Waals surface area (Å²) >= 11 is 0. The molecule has 1 rings (SSSR count). The normalized spacial score (nSPS) is 12.5. The van der Waals surface area contributed by atoms with E-state index in [1.165, 1.54) is 0 Å². The quantitative estimate of drug-likeness (QED) is 0.769. The maximum absolute atomic E-state index is 5.92. The minimum absolute atomic E-state index is 0.100. The fraction of sp³-hybridized carbons (Fsp3) is 0.500. The first-order valence-corrected chi connectivity index (χ1v) is 4.53. The van der Waals surface area contributed by atoms with Crippen LogP contribution in [0.15, 0.2) is 18.3 Å². The van der Waals surface area contributed by atoms with Gasteiger partial charge >= 0.3 is 0 Å². The fourth-order valence-electron chi connectivity index (χ4n) is 1.21. The Kier molecular flexibility index (Phi) is 3.71. The highest BCUT2D eigenvalue weighted by Gasteiger charge is 2.04. The Morgan fingerprint density at radius 1 is 1.54 bits per heavy atom. The van der Waals surface area contributed by atoms with Crippen LogP contribution < -0.4 is 10.5 Å². The first-order valence-electron chi connectivity index (χ1n) is 4.53. The molecule has 0 aromatic carbocycles. The summed E-state index contributed by atoms with van der Waals surface area (Å²) < 4.78 is 4.96. The first kappa shape index (κ1) is 9.99. The molecule has 3 nitrogen and oxygen atoms in total. The zero-order valence-corrected chi connectivity index (χ0v) is 8.16. The highest BCUT2D eigenvalue weighted by atomic mass is 16.5. The first-order chi connectivity index (χ1) is 6.27. The summed E-state index contributed by atoms with van der Waals surface area (Å²) in [5.41, 5.74) is 6.99. The summed E-state index contributed by atoms with van der Waals surface area (Å²) in [5.74, 6) is 0.632. The third-order valence-corrected chi connectivity index (χ3v) is 2.00. The largest absolute Gasteiger partial charge is 0.481 e. The Morgan fingerprint density at radius 2 is 2.31 bits per heavy atom. The summed E-state index contributed by atoms with van der Waals surface area (Å²) in [7, 11) is 1.61. The molecule has 2 N–H and O–H groups in total. The summed E-state index contributed by atoms with van der Waals surface area (Å²) in [5, 5.41) is 0. The highest BCUT2D eigenvalue weighted by Crippen LogP contribution is 2.16. The van der Waals surface area contributed by atoms with E-state index >= 15 is 0 Å². The third kappa shape index (κ3) is 2.70. The Bertz CT molecular complexity index is 246. The number of nitrogens with zero attached hydrogens (tertiary/aromatic N) is 1. The molecule has 1 atom stereocenters. The van der Waals surface area contributed by atoms with Crippen molar-refractivity contribution in [2.75, 3.05) is 7.11 Å². The van der Waals surface area contributed by atoms with Crippen LogP contribution in [0.2, 0.25) is 0 Å². The standard InChI is InChI=1S/C10H16N2O/c1-3-4-9(11)8-5-6-10(13-2)12-7-8/h5-7,9H,3-4,11H2,1-2H3/t9-/m1/s1. The molecule has 0 aliphatic heterocycles. The van der Waals surface area contributed by atoms with Crippen LogP contribution >= 0.6 is 0 Å². The Hall–Kier alpha value is -1.09. The van der Waals surface area contributed by atoms with Gasteiger partial charge in [-0.15, -0.1) is 0 Å². The second-order valence-electron chi connectivity index (χ2n) is 3.03. The van der Waals surface area contributed by atoms with Crippen LogP contribution in [0.5, 0.6) is 5.88 Å². The van der Waals surface area contributed by atoms with Crippen molar-refractivity contribution in [2.24, 2.45) is 5.73 Å². The topological polar surface area (TPSA) is 48.1 Å². The van der Waals surface area contributed by atoms with Crippen LogP contribution in [0.3, 0.4) is 0 Å². The number of methoxy groups -OCH3 is 1. The Morgan fingerprint density at radius 3 is 2.77 bits per heavy atom. The molecule has 0 saturated heterocycles. The van der Waals surface area contributed by atoms with E-state index < -0.39 is 0 Å². The Balaban J connectivity index is 2.67. The maximum Gasteiger partial charge on any atom is 0.212 e. The van der Waals surface area contributed by atoms with E-state index in [0.717, 1.165) is 18.4 Å². The number of rotatable bonds is 4. The minimum atomic E-state index is 0.100. The second-order valence-corrected chi connectivity index (χ2v) is 3.03. The van der Waals surface area contributed by atoms with Gasteiger partial charge in [-0.2, -0.15) is 0 Å². The molecule has 72 valence electrons. The molecule has 3 heteroatoms. The lowest BCUT2D eigenvalue weighted by atomic mass is 10.1. The molecule has 0 aliphatic rings. The van der Waals surface area contributed by atoms with E-state index in [1.54, 1.807) is 13.3 Å². The van der Waals surface area contributed by atoms with Gasteiger partial charge in [-0.1, -0.05) is 19.4 Å². The molecular weight excluding hydrogens is 164 g/mol. The van der Waals surface area contributed by atoms with Crippen LogP contribution in [-0.2, 0) is 0 Å². The molecule has 13 heavy (non-hydrogen) atoms. The zero-order chi connectivity index (χ0) is 9.68. The Labute approximate surface area is 78.9 Å². The SMILES string of the molecule is CCC[C@@H](N)c1ccc(OC)nc1. The van der Waals surface area contributed by atoms with E-state index in [9.17, 15) is 0 Å². The molecule has 0 saturated carbocycles. The average Bonchev–Trinajstić information content (AvgIpc) is 2.18. The highest BCUT2D eigenvalue weighted by molar-refractivity contribution is 5.20. The van der Waals surface area contributed by atoms with Crippen molar-refractivity contribution < 1.29 is 4.74 Å². The maximum atomic E-state index is 5.92. The molecular formula is C10H16N2O. The molecule has 0 spiro atoms. The predicted molar refractivity (Wildman–Crippen MR) is 52.6 cm³/mol. The van der Waals surface area contributed by atoms with Crippen LogP contribution in [-0.4, -0.2) is 12.1 Å². The van der Waals surface area contributed by atoms with E-state index in [4.69, 9.17) is 10.5 Å². The number of pyridine rings is 1. The molecule has 1 aromatic heterocycles. The molecule has 0 amide bonds. The zero-order valence-electron chi connectivity index (χ0n) is 8.16. The van der Waals surface area contributed by atoms with Crippen LogP contribution in [0.1, 0.15) is 31.4 Å². The van der Waals surface area contributed by atoms with Crippen LogP contribution in [0.25, 0.3) is 0 Å². The number of hydrogen-bond donors (Lipinski definition) is 1. The number of aromatic nitrogens is 1. The number of nitrogens with two attached hydrogens (primary N) is 1. The van der Waals surface area contributed by atoms with Crippen molar-refractivity contribution in [2.45, 2.75) is 25.8 Å². The average molecular weight is 180 g/mol. The lowest BCUT2D eigenvalue weighted by Crippen LogP contribution is -2.09. The second kappa shape index (κ2) is 4.82. The van der Waals surface area contributed by atoms with Crippen molar-refractivity contribution >= 4 is 0 Å². The van der Waals surface area contributed by atoms with Crippen molar-refractivity contribution in [1.82, 2.24) is 4.98 Å². The predicted octanol–water partition coefficient (Wildman–Crippen LogP) is 1.89. The van der Waals surface area contributed by atoms with Gasteiger partial charge in [0, 0.05) is 18.3 Å². The molecule has 1 aromatic rings. The summed E-state index contributed by atoms with van der Waals surface area (Å²) in [6, 6.07) is 3.90. The lowest BCUT2D eigenvalue weighted by Gasteiger charge is -2.09. The van der Waals surface area contributed by atoms with Gasteiger partial charge in [0.05, 0.1) is 7.11 Å². The van der Waals surface area contributed by atoms with Gasteiger partial charge in [0.2, 0.25) is 5.88 Å². The lowest BCUT2D eigenvalue weighted by molar-refractivity contribution is 0.397. The summed E-state index contributed by atoms with van der Waals surface area (Å²) in [6.45, 7) is 2.12. The van der Waals surface area contributed by atoms with Gasteiger partial charge in [-0.25, -0.2) is 4.98 Å². The van der Waals surface area contributed by atoms with E-state index in [-0.39, 0.29) is 6.04 Å². The number of hydrogen-bond acceptors (Lipinski definition) is 3. The summed E-state index contributed by atoms with van der Waals surface area (Å²) in [4.78, 5) is 4.10. The number of ether oxygens (including phenoxy) is 1. The molecule has 1 heterocycles. The van der Waals surface area contributed by atoms with E-state index in [0.29, 0.717) is 5.88 Å². The summed E-state index contributed by atoms with van der Waals surface area (Å²) in [6.07, 6.45) is 3.86. The molecule has 0 radical (unpaired) electrons. The van der Waals surface area contributed by atoms with E-state index in [2.05, 4.69) is 11.9 Å². The monoisotopic (exact) mass is 180 g/mol. The third-order valence-electron chi connectivity index (χ3n) is 2.00. The van der Waals surface area contributed by atoms with Crippen LogP contribution in [0, 0.1) is 0 Å². The molecule has 0 bridgehead atoms. The minimum Gasteiger partial charge on any atom is -0.481 e. The van der Waals surface area contributed by atoms with Crippen molar-refractivity contribution in [3.05, 3.63) is 23.9 Å². The van der Waals surface area contributed by atoms with Gasteiger partial charge in [-0.05, 0) is 12.0 Å². The fourth-order valence-corrected chi connectivity index (χ4v) is 1.21. The van der Waals surface area contributed by atoms with Gasteiger partial charge < -0.3 is 10.5 Å². The van der Waals surface area contributed by atoms with Gasteiger partial charge in [0.25, 0.3) is 0 Å². The molecule has 0 fully saturated rings. The van der Waals surface area contributed by atoms with Crippen LogP contribution in [0.4, 0.5) is 0 Å². The van der Waals surface area contributed by atoms with Crippen molar-refractivity contribution in [1.29, 1.82) is 0 Å². The van der Waals surface area contributed by atoms with Gasteiger partial charge in [0.1, 0.15) is 0 Å². The molecule has 0 unspecified atom stereocenters.